The monoisotopic (exact) mass is 374 g/mol. The number of aromatic nitrogens is 2. The molecule has 1 aliphatic heterocycles. The molecule has 1 fully saturated rings. The van der Waals surface area contributed by atoms with Crippen LogP contribution in [0.3, 0.4) is 0 Å². The van der Waals surface area contributed by atoms with E-state index in [0.717, 1.165) is 44.0 Å². The Kier molecular flexibility index (Phi) is 6.63. The van der Waals surface area contributed by atoms with Crippen LogP contribution in [-0.2, 0) is 19.6 Å². The Hall–Kier alpha value is -1.76. The van der Waals surface area contributed by atoms with E-state index in [-0.39, 0.29) is 18.5 Å². The standard InChI is InChI=1S/C21H31FN4O/c1-4-26-17(3)20(16(2)23-26)15-24-10-11-25(19(14-24)9-12-27)13-18-7-5-6-8-21(18)22/h5-8,19,27H,4,9-15H2,1-3H3. The third kappa shape index (κ3) is 4.57. The number of rotatable bonds is 7. The lowest BCUT2D eigenvalue weighted by molar-refractivity contribution is 0.0491. The molecule has 0 saturated carbocycles. The van der Waals surface area contributed by atoms with E-state index >= 15 is 0 Å². The summed E-state index contributed by atoms with van der Waals surface area (Å²) in [5.74, 6) is -0.152. The molecule has 1 atom stereocenters. The van der Waals surface area contributed by atoms with Crippen LogP contribution in [0, 0.1) is 19.7 Å². The Balaban J connectivity index is 1.69. The van der Waals surface area contributed by atoms with Crippen LogP contribution in [0.25, 0.3) is 0 Å². The number of halogens is 1. The predicted octanol–water partition coefficient (Wildman–Crippen LogP) is 2.73. The zero-order valence-electron chi connectivity index (χ0n) is 16.7. The minimum absolute atomic E-state index is 0.151. The largest absolute Gasteiger partial charge is 0.396 e. The van der Waals surface area contributed by atoms with Crippen molar-refractivity contribution in [3.8, 4) is 0 Å². The Morgan fingerprint density at radius 1 is 1.19 bits per heavy atom. The molecule has 1 aromatic heterocycles. The van der Waals surface area contributed by atoms with Gasteiger partial charge in [-0.25, -0.2) is 4.39 Å². The fraction of sp³-hybridized carbons (Fsp3) is 0.571. The van der Waals surface area contributed by atoms with E-state index in [2.05, 4.69) is 40.4 Å². The molecule has 0 aliphatic carbocycles. The summed E-state index contributed by atoms with van der Waals surface area (Å²) < 4.78 is 16.1. The summed E-state index contributed by atoms with van der Waals surface area (Å²) in [5, 5.41) is 14.2. The van der Waals surface area contributed by atoms with E-state index in [4.69, 9.17) is 0 Å². The normalized spacial score (nSPS) is 18.9. The van der Waals surface area contributed by atoms with Crippen molar-refractivity contribution in [3.63, 3.8) is 0 Å². The summed E-state index contributed by atoms with van der Waals surface area (Å²) in [6, 6.07) is 7.20. The molecule has 1 aliphatic rings. The predicted molar refractivity (Wildman–Crippen MR) is 105 cm³/mol. The van der Waals surface area contributed by atoms with E-state index in [1.165, 1.54) is 17.3 Å². The molecule has 0 amide bonds. The molecule has 1 aromatic carbocycles. The summed E-state index contributed by atoms with van der Waals surface area (Å²) >= 11 is 0. The van der Waals surface area contributed by atoms with E-state index in [0.29, 0.717) is 13.0 Å². The highest BCUT2D eigenvalue weighted by Crippen LogP contribution is 2.22. The second-order valence-corrected chi connectivity index (χ2v) is 7.43. The number of piperazine rings is 1. The number of nitrogens with zero attached hydrogens (tertiary/aromatic N) is 4. The van der Waals surface area contributed by atoms with Crippen molar-refractivity contribution in [2.24, 2.45) is 0 Å². The first-order valence-corrected chi connectivity index (χ1v) is 9.87. The van der Waals surface area contributed by atoms with Crippen molar-refractivity contribution in [3.05, 3.63) is 52.6 Å². The lowest BCUT2D eigenvalue weighted by atomic mass is 10.1. The van der Waals surface area contributed by atoms with Crippen molar-refractivity contribution in [1.29, 1.82) is 0 Å². The SMILES string of the molecule is CCn1nc(C)c(CN2CCN(Cc3ccccc3F)C(CCO)C2)c1C. The molecule has 1 N–H and O–H groups in total. The number of benzene rings is 1. The third-order valence-corrected chi connectivity index (χ3v) is 5.69. The van der Waals surface area contributed by atoms with Gasteiger partial charge in [-0.15, -0.1) is 0 Å². The van der Waals surface area contributed by atoms with Crippen molar-refractivity contribution in [2.45, 2.75) is 52.9 Å². The van der Waals surface area contributed by atoms with Crippen molar-refractivity contribution in [2.75, 3.05) is 26.2 Å². The zero-order chi connectivity index (χ0) is 19.4. The van der Waals surface area contributed by atoms with Gasteiger partial charge in [-0.05, 0) is 33.3 Å². The molecule has 0 radical (unpaired) electrons. The fourth-order valence-corrected chi connectivity index (χ4v) is 4.07. The van der Waals surface area contributed by atoms with Crippen LogP contribution in [0.15, 0.2) is 24.3 Å². The second-order valence-electron chi connectivity index (χ2n) is 7.43. The minimum atomic E-state index is -0.152. The van der Waals surface area contributed by atoms with Crippen LogP contribution in [0.5, 0.6) is 0 Å². The smallest absolute Gasteiger partial charge is 0.127 e. The first kappa shape index (κ1) is 20.0. The molecule has 0 spiro atoms. The van der Waals surface area contributed by atoms with Gasteiger partial charge in [0.25, 0.3) is 0 Å². The molecule has 6 heteroatoms. The van der Waals surface area contributed by atoms with Gasteiger partial charge in [-0.1, -0.05) is 18.2 Å². The molecule has 5 nitrogen and oxygen atoms in total. The highest BCUT2D eigenvalue weighted by molar-refractivity contribution is 5.24. The van der Waals surface area contributed by atoms with Crippen molar-refractivity contribution >= 4 is 0 Å². The average molecular weight is 375 g/mol. The van der Waals surface area contributed by atoms with Gasteiger partial charge < -0.3 is 5.11 Å². The van der Waals surface area contributed by atoms with Gasteiger partial charge in [0.2, 0.25) is 0 Å². The van der Waals surface area contributed by atoms with Gasteiger partial charge in [0.05, 0.1) is 5.69 Å². The lowest BCUT2D eigenvalue weighted by Crippen LogP contribution is -2.52. The van der Waals surface area contributed by atoms with Crippen LogP contribution in [0.4, 0.5) is 4.39 Å². The maximum absolute atomic E-state index is 14.1. The van der Waals surface area contributed by atoms with E-state index in [1.54, 1.807) is 6.07 Å². The maximum Gasteiger partial charge on any atom is 0.127 e. The van der Waals surface area contributed by atoms with Gasteiger partial charge in [0.1, 0.15) is 5.82 Å². The fourth-order valence-electron chi connectivity index (χ4n) is 4.07. The molecule has 2 aromatic rings. The number of hydrogen-bond acceptors (Lipinski definition) is 4. The molecular formula is C21H31FN4O. The summed E-state index contributed by atoms with van der Waals surface area (Å²) in [6.45, 7) is 11.5. The molecular weight excluding hydrogens is 343 g/mol. The molecule has 1 saturated heterocycles. The zero-order valence-corrected chi connectivity index (χ0v) is 16.7. The number of aryl methyl sites for hydroxylation is 2. The highest BCUT2D eigenvalue weighted by Gasteiger charge is 2.28. The Morgan fingerprint density at radius 2 is 1.96 bits per heavy atom. The molecule has 1 unspecified atom stereocenters. The van der Waals surface area contributed by atoms with Crippen LogP contribution in [0.2, 0.25) is 0 Å². The molecule has 27 heavy (non-hydrogen) atoms. The highest BCUT2D eigenvalue weighted by atomic mass is 19.1. The second kappa shape index (κ2) is 8.95. The first-order valence-electron chi connectivity index (χ1n) is 9.87. The lowest BCUT2D eigenvalue weighted by Gasteiger charge is -2.41. The minimum Gasteiger partial charge on any atom is -0.396 e. The average Bonchev–Trinajstić information content (AvgIpc) is 2.93. The summed E-state index contributed by atoms with van der Waals surface area (Å²) in [7, 11) is 0. The van der Waals surface area contributed by atoms with Gasteiger partial charge in [-0.2, -0.15) is 5.10 Å². The number of aliphatic hydroxyl groups is 1. The van der Waals surface area contributed by atoms with Crippen LogP contribution in [-0.4, -0.2) is 57.0 Å². The van der Waals surface area contributed by atoms with Crippen molar-refractivity contribution < 1.29 is 9.50 Å². The van der Waals surface area contributed by atoms with Gasteiger partial charge >= 0.3 is 0 Å². The van der Waals surface area contributed by atoms with Crippen molar-refractivity contribution in [1.82, 2.24) is 19.6 Å². The third-order valence-electron chi connectivity index (χ3n) is 5.69. The Bertz CT molecular complexity index is 761. The molecule has 2 heterocycles. The van der Waals surface area contributed by atoms with Gasteiger partial charge in [-0.3, -0.25) is 14.5 Å². The van der Waals surface area contributed by atoms with Crippen LogP contribution in [0.1, 0.15) is 35.9 Å². The van der Waals surface area contributed by atoms with Gasteiger partial charge in [0, 0.05) is 68.7 Å². The summed E-state index contributed by atoms with van der Waals surface area (Å²) in [5.41, 5.74) is 4.37. The summed E-state index contributed by atoms with van der Waals surface area (Å²) in [4.78, 5) is 4.75. The van der Waals surface area contributed by atoms with E-state index < -0.39 is 0 Å². The van der Waals surface area contributed by atoms with Gasteiger partial charge in [0.15, 0.2) is 0 Å². The van der Waals surface area contributed by atoms with Crippen LogP contribution < -0.4 is 0 Å². The maximum atomic E-state index is 14.1. The Morgan fingerprint density at radius 3 is 2.63 bits per heavy atom. The molecule has 3 rings (SSSR count). The van der Waals surface area contributed by atoms with Crippen LogP contribution >= 0.6 is 0 Å². The van der Waals surface area contributed by atoms with E-state index in [9.17, 15) is 9.50 Å². The quantitative estimate of drug-likeness (QED) is 0.809. The molecule has 0 bridgehead atoms. The summed E-state index contributed by atoms with van der Waals surface area (Å²) in [6.07, 6.45) is 0.705. The molecule has 148 valence electrons. The topological polar surface area (TPSA) is 44.5 Å². The Labute approximate surface area is 161 Å². The first-order chi connectivity index (χ1) is 13.0. The number of hydrogen-bond donors (Lipinski definition) is 1. The number of aliphatic hydroxyl groups excluding tert-OH is 1. The van der Waals surface area contributed by atoms with E-state index in [1.807, 2.05) is 12.1 Å².